The quantitative estimate of drug-likeness (QED) is 0.445. The van der Waals surface area contributed by atoms with Crippen molar-refractivity contribution in [1.82, 2.24) is 5.41 Å². The van der Waals surface area contributed by atoms with Gasteiger partial charge in [0.25, 0.3) is 0 Å². The Bertz CT molecular complexity index is 58.6. The van der Waals surface area contributed by atoms with Gasteiger partial charge in [-0.1, -0.05) is 25.4 Å². The van der Waals surface area contributed by atoms with Gasteiger partial charge in [0, 0.05) is 5.92 Å². The van der Waals surface area contributed by atoms with Crippen molar-refractivity contribution in [2.24, 2.45) is 5.92 Å². The van der Waals surface area contributed by atoms with E-state index in [2.05, 4.69) is 0 Å². The third kappa shape index (κ3) is 2.21. The first-order chi connectivity index (χ1) is 2.64. The Hall–Kier alpha value is -0.0400. The van der Waals surface area contributed by atoms with Crippen LogP contribution in [0.15, 0.2) is 0 Å². The summed E-state index contributed by atoms with van der Waals surface area (Å²) in [6.07, 6.45) is 0. The normalized spacial score (nSPS) is 9.33. The molecule has 0 aliphatic heterocycles. The van der Waals surface area contributed by atoms with E-state index in [4.69, 9.17) is 17.0 Å². The summed E-state index contributed by atoms with van der Waals surface area (Å²) in [6, 6.07) is 0. The SMILES string of the molecule is CC(C)C(=[N])Cl. The van der Waals surface area contributed by atoms with E-state index >= 15 is 0 Å². The molecule has 6 heavy (non-hydrogen) atoms. The molecular formula is C4H7ClN. The summed E-state index contributed by atoms with van der Waals surface area (Å²) >= 11 is 5.08. The molecule has 1 nitrogen and oxygen atoms in total. The monoisotopic (exact) mass is 104 g/mol. The minimum atomic E-state index is -0.0185. The van der Waals surface area contributed by atoms with Crippen LogP contribution in [0.3, 0.4) is 0 Å². The fraction of sp³-hybridized carbons (Fsp3) is 0.750. The molecule has 0 spiro atoms. The van der Waals surface area contributed by atoms with Crippen LogP contribution in [0.5, 0.6) is 0 Å². The largest absolute Gasteiger partial charge is 0.142 e. The zero-order valence-electron chi connectivity index (χ0n) is 3.90. The zero-order valence-corrected chi connectivity index (χ0v) is 4.66. The Morgan fingerprint density at radius 1 is 1.67 bits per heavy atom. The summed E-state index contributed by atoms with van der Waals surface area (Å²) in [4.78, 5) is 0. The van der Waals surface area contributed by atoms with E-state index in [0.717, 1.165) is 0 Å². The molecule has 0 amide bonds. The maximum Gasteiger partial charge on any atom is 0.131 e. The molecule has 1 radical (unpaired) electrons. The highest BCUT2D eigenvalue weighted by Gasteiger charge is 1.94. The van der Waals surface area contributed by atoms with E-state index in [1.165, 1.54) is 0 Å². The lowest BCUT2D eigenvalue weighted by molar-refractivity contribution is 0.901. The second-order valence-corrected chi connectivity index (χ2v) is 1.86. The number of rotatable bonds is 1. The molecule has 0 aliphatic carbocycles. The fourth-order valence-electron chi connectivity index (χ4n) is 0. The van der Waals surface area contributed by atoms with Crippen molar-refractivity contribution in [3.8, 4) is 0 Å². The van der Waals surface area contributed by atoms with E-state index in [1.807, 2.05) is 13.8 Å². The summed E-state index contributed by atoms with van der Waals surface area (Å²) < 4.78 is 0. The van der Waals surface area contributed by atoms with Gasteiger partial charge in [0.1, 0.15) is 5.17 Å². The fourth-order valence-corrected chi connectivity index (χ4v) is 0. The molecule has 0 heterocycles. The molecular weight excluding hydrogens is 97.5 g/mol. The van der Waals surface area contributed by atoms with Crippen LogP contribution in [0.2, 0.25) is 0 Å². The summed E-state index contributed by atoms with van der Waals surface area (Å²) in [5, 5.41) is 8.29. The topological polar surface area (TPSA) is 22.3 Å². The van der Waals surface area contributed by atoms with Gasteiger partial charge in [-0.25, -0.2) is 0 Å². The summed E-state index contributed by atoms with van der Waals surface area (Å²) in [7, 11) is 0. The molecule has 0 aromatic carbocycles. The van der Waals surface area contributed by atoms with Crippen molar-refractivity contribution in [3.63, 3.8) is 0 Å². The first-order valence-electron chi connectivity index (χ1n) is 1.86. The van der Waals surface area contributed by atoms with Crippen LogP contribution in [-0.2, 0) is 0 Å². The molecule has 0 N–H and O–H groups in total. The third-order valence-corrected chi connectivity index (χ3v) is 0.913. The molecule has 2 heteroatoms. The Kier molecular flexibility index (Phi) is 2.18. The van der Waals surface area contributed by atoms with Gasteiger partial charge in [-0.3, -0.25) is 0 Å². The van der Waals surface area contributed by atoms with Crippen LogP contribution in [-0.4, -0.2) is 5.17 Å². The van der Waals surface area contributed by atoms with E-state index in [9.17, 15) is 0 Å². The van der Waals surface area contributed by atoms with Crippen molar-refractivity contribution >= 4 is 16.8 Å². The van der Waals surface area contributed by atoms with E-state index in [-0.39, 0.29) is 11.1 Å². The van der Waals surface area contributed by atoms with Crippen LogP contribution in [0.25, 0.3) is 0 Å². The predicted octanol–water partition coefficient (Wildman–Crippen LogP) is 1.08. The number of halogens is 1. The van der Waals surface area contributed by atoms with Crippen LogP contribution in [0.1, 0.15) is 13.8 Å². The molecule has 0 aliphatic rings. The van der Waals surface area contributed by atoms with Gasteiger partial charge in [0.2, 0.25) is 0 Å². The number of hydrogen-bond acceptors (Lipinski definition) is 0. The van der Waals surface area contributed by atoms with Crippen molar-refractivity contribution in [1.29, 1.82) is 0 Å². The molecule has 0 rings (SSSR count). The van der Waals surface area contributed by atoms with E-state index in [0.29, 0.717) is 0 Å². The standard InChI is InChI=1S/C4H7ClN/c1-3(2)4(5)6/h3H,1-2H3. The van der Waals surface area contributed by atoms with Gasteiger partial charge >= 0.3 is 0 Å². The molecule has 0 fully saturated rings. The first kappa shape index (κ1) is 5.96. The minimum Gasteiger partial charge on any atom is -0.142 e. The predicted molar refractivity (Wildman–Crippen MR) is 27.8 cm³/mol. The molecule has 0 saturated heterocycles. The number of nitrogens with zero attached hydrogens (tertiary/aromatic N) is 1. The lowest BCUT2D eigenvalue weighted by Gasteiger charge is -1.90. The molecule has 0 aromatic heterocycles. The molecule has 0 unspecified atom stereocenters. The highest BCUT2D eigenvalue weighted by Crippen LogP contribution is 1.94. The van der Waals surface area contributed by atoms with Gasteiger partial charge in [0.15, 0.2) is 0 Å². The molecule has 0 saturated carbocycles. The van der Waals surface area contributed by atoms with Crippen molar-refractivity contribution in [2.45, 2.75) is 13.8 Å². The molecule has 0 bridgehead atoms. The molecule has 35 valence electrons. The highest BCUT2D eigenvalue weighted by atomic mass is 35.5. The first-order valence-corrected chi connectivity index (χ1v) is 2.23. The average molecular weight is 105 g/mol. The van der Waals surface area contributed by atoms with E-state index in [1.54, 1.807) is 0 Å². The van der Waals surface area contributed by atoms with Gasteiger partial charge in [0.05, 0.1) is 0 Å². The maximum absolute atomic E-state index is 8.31. The van der Waals surface area contributed by atoms with Crippen LogP contribution in [0, 0.1) is 5.92 Å². The van der Waals surface area contributed by atoms with Crippen molar-refractivity contribution < 1.29 is 0 Å². The van der Waals surface area contributed by atoms with E-state index < -0.39 is 0 Å². The minimum absolute atomic E-state index is 0.0185. The van der Waals surface area contributed by atoms with Gasteiger partial charge in [-0.05, 0) is 0 Å². The molecule has 0 atom stereocenters. The van der Waals surface area contributed by atoms with Crippen LogP contribution < -0.4 is 5.41 Å². The molecule has 0 aromatic rings. The summed E-state index contributed by atoms with van der Waals surface area (Å²) in [5.41, 5.74) is 0. The zero-order chi connectivity index (χ0) is 5.15. The Morgan fingerprint density at radius 2 is 1.83 bits per heavy atom. The van der Waals surface area contributed by atoms with Gasteiger partial charge < -0.3 is 0 Å². The van der Waals surface area contributed by atoms with Gasteiger partial charge in [-0.2, -0.15) is 0 Å². The average Bonchev–Trinajstić information content (AvgIpc) is 1.36. The summed E-state index contributed by atoms with van der Waals surface area (Å²) in [6.45, 7) is 3.64. The Morgan fingerprint density at radius 3 is 1.83 bits per heavy atom. The third-order valence-electron chi connectivity index (χ3n) is 0.476. The maximum atomic E-state index is 8.31. The smallest absolute Gasteiger partial charge is 0.131 e. The van der Waals surface area contributed by atoms with Crippen LogP contribution in [0.4, 0.5) is 0 Å². The van der Waals surface area contributed by atoms with Crippen molar-refractivity contribution in [2.75, 3.05) is 0 Å². The highest BCUT2D eigenvalue weighted by molar-refractivity contribution is 6.65. The second-order valence-electron chi connectivity index (χ2n) is 1.48. The summed E-state index contributed by atoms with van der Waals surface area (Å²) in [5.74, 6) is 0.0895. The Balaban J connectivity index is 3.26. The lowest BCUT2D eigenvalue weighted by Crippen LogP contribution is -1.97. The second kappa shape index (κ2) is 2.19. The van der Waals surface area contributed by atoms with Gasteiger partial charge in [-0.15, -0.1) is 5.41 Å². The number of hydrogen-bond donors (Lipinski definition) is 0. The lowest BCUT2D eigenvalue weighted by atomic mass is 10.2. The van der Waals surface area contributed by atoms with Crippen LogP contribution >= 0.6 is 11.6 Å². The van der Waals surface area contributed by atoms with Crippen molar-refractivity contribution in [3.05, 3.63) is 0 Å². The Labute approximate surface area is 42.8 Å².